The van der Waals surface area contributed by atoms with Crippen LogP contribution in [0, 0.1) is 10.1 Å². The van der Waals surface area contributed by atoms with Crippen molar-refractivity contribution in [2.45, 2.75) is 6.54 Å². The SMILES string of the molecule is CN(C)c1cc[n+](CC(=O)c2ccc([N+](=O)[O-])cc2)cc1.[Br-]. The highest BCUT2D eigenvalue weighted by Gasteiger charge is 2.14. The van der Waals surface area contributed by atoms with E-state index in [2.05, 4.69) is 0 Å². The van der Waals surface area contributed by atoms with Crippen LogP contribution >= 0.6 is 0 Å². The van der Waals surface area contributed by atoms with Crippen molar-refractivity contribution in [2.24, 2.45) is 0 Å². The molecular weight excluding hydrogens is 350 g/mol. The normalized spacial score (nSPS) is 9.73. The van der Waals surface area contributed by atoms with Gasteiger partial charge in [-0.1, -0.05) is 0 Å². The number of anilines is 1. The Bertz CT molecular complexity index is 655. The maximum absolute atomic E-state index is 12.1. The molecule has 0 aliphatic carbocycles. The summed E-state index contributed by atoms with van der Waals surface area (Å²) in [7, 11) is 3.89. The van der Waals surface area contributed by atoms with Crippen LogP contribution in [0.25, 0.3) is 0 Å². The zero-order chi connectivity index (χ0) is 15.4. The molecule has 0 atom stereocenters. The molecule has 0 saturated carbocycles. The first-order valence-corrected chi connectivity index (χ1v) is 6.41. The average Bonchev–Trinajstić information content (AvgIpc) is 2.47. The number of pyridine rings is 1. The van der Waals surface area contributed by atoms with Crippen molar-refractivity contribution in [1.29, 1.82) is 0 Å². The summed E-state index contributed by atoms with van der Waals surface area (Å²) in [6.45, 7) is 0.200. The quantitative estimate of drug-likeness (QED) is 0.290. The van der Waals surface area contributed by atoms with E-state index in [1.807, 2.05) is 43.5 Å². The van der Waals surface area contributed by atoms with Crippen molar-refractivity contribution < 1.29 is 31.3 Å². The molecule has 22 heavy (non-hydrogen) atoms. The van der Waals surface area contributed by atoms with Gasteiger partial charge in [0, 0.05) is 49.6 Å². The predicted octanol–water partition coefficient (Wildman–Crippen LogP) is -1.16. The fraction of sp³-hybridized carbons (Fsp3) is 0.200. The number of Topliss-reactive ketones (excluding diaryl/α,β-unsaturated/α-hetero) is 1. The number of benzene rings is 1. The van der Waals surface area contributed by atoms with Gasteiger partial charge in [0.2, 0.25) is 12.3 Å². The van der Waals surface area contributed by atoms with E-state index >= 15 is 0 Å². The number of hydrogen-bond donors (Lipinski definition) is 0. The Morgan fingerprint density at radius 3 is 2.14 bits per heavy atom. The lowest BCUT2D eigenvalue weighted by Crippen LogP contribution is -3.00. The van der Waals surface area contributed by atoms with Gasteiger partial charge in [-0.15, -0.1) is 0 Å². The molecule has 1 heterocycles. The zero-order valence-corrected chi connectivity index (χ0v) is 13.9. The third-order valence-electron chi connectivity index (χ3n) is 3.12. The van der Waals surface area contributed by atoms with Crippen molar-refractivity contribution in [3.05, 3.63) is 64.5 Å². The maximum atomic E-state index is 12.1. The molecule has 0 N–H and O–H groups in total. The van der Waals surface area contributed by atoms with Gasteiger partial charge < -0.3 is 21.9 Å². The fourth-order valence-electron chi connectivity index (χ4n) is 1.88. The van der Waals surface area contributed by atoms with Crippen LogP contribution in [-0.4, -0.2) is 24.8 Å². The standard InChI is InChI=1S/C15H16N3O3.BrH/c1-16(2)13-7-9-17(10-8-13)11-15(19)12-3-5-14(6-4-12)18(20)21;/h3-10H,11H2,1-2H3;1H/q+1;/p-1. The largest absolute Gasteiger partial charge is 1.00 e. The second-order valence-electron chi connectivity index (χ2n) is 4.85. The number of carbonyl (C=O) groups is 1. The molecule has 2 rings (SSSR count). The lowest BCUT2D eigenvalue weighted by Gasteiger charge is -2.10. The van der Waals surface area contributed by atoms with Crippen molar-refractivity contribution in [3.63, 3.8) is 0 Å². The second-order valence-corrected chi connectivity index (χ2v) is 4.85. The Morgan fingerprint density at radius 2 is 1.68 bits per heavy atom. The molecule has 7 heteroatoms. The molecule has 1 aromatic heterocycles. The van der Waals surface area contributed by atoms with Crippen LogP contribution in [0.5, 0.6) is 0 Å². The molecule has 0 saturated heterocycles. The van der Waals surface area contributed by atoms with Crippen LogP contribution in [0.3, 0.4) is 0 Å². The minimum absolute atomic E-state index is 0. The number of halogens is 1. The number of nitrogens with zero attached hydrogens (tertiary/aromatic N) is 3. The van der Waals surface area contributed by atoms with E-state index in [4.69, 9.17) is 0 Å². The number of nitro groups is 1. The van der Waals surface area contributed by atoms with Gasteiger partial charge in [-0.2, -0.15) is 4.57 Å². The monoisotopic (exact) mass is 365 g/mol. The Labute approximate surface area is 138 Å². The molecule has 0 fully saturated rings. The Balaban J connectivity index is 0.00000242. The third kappa shape index (κ3) is 4.36. The van der Waals surface area contributed by atoms with Gasteiger partial charge in [0.1, 0.15) is 0 Å². The highest BCUT2D eigenvalue weighted by Crippen LogP contribution is 2.12. The van der Waals surface area contributed by atoms with Crippen LogP contribution in [0.2, 0.25) is 0 Å². The summed E-state index contributed by atoms with van der Waals surface area (Å²) >= 11 is 0. The number of non-ortho nitro benzene ring substituents is 1. The van der Waals surface area contributed by atoms with Crippen LogP contribution in [0.1, 0.15) is 10.4 Å². The van der Waals surface area contributed by atoms with Crippen molar-refractivity contribution in [1.82, 2.24) is 0 Å². The van der Waals surface area contributed by atoms with Crippen molar-refractivity contribution in [2.75, 3.05) is 19.0 Å². The number of carbonyl (C=O) groups excluding carboxylic acids is 1. The molecule has 0 amide bonds. The molecule has 0 spiro atoms. The maximum Gasteiger partial charge on any atom is 0.269 e. The van der Waals surface area contributed by atoms with Gasteiger partial charge in [-0.25, -0.2) is 0 Å². The minimum atomic E-state index is -0.483. The fourth-order valence-corrected chi connectivity index (χ4v) is 1.88. The predicted molar refractivity (Wildman–Crippen MR) is 78.4 cm³/mol. The van der Waals surface area contributed by atoms with Gasteiger partial charge in [0.25, 0.3) is 5.69 Å². The molecular formula is C15H16BrN3O3. The number of rotatable bonds is 5. The molecule has 0 aliphatic rings. The molecule has 6 nitrogen and oxygen atoms in total. The molecule has 116 valence electrons. The van der Waals surface area contributed by atoms with Crippen LogP contribution in [0.4, 0.5) is 11.4 Å². The lowest BCUT2D eigenvalue weighted by molar-refractivity contribution is -0.683. The summed E-state index contributed by atoms with van der Waals surface area (Å²) in [4.78, 5) is 24.2. The zero-order valence-electron chi connectivity index (χ0n) is 12.3. The van der Waals surface area contributed by atoms with Crippen LogP contribution in [0.15, 0.2) is 48.8 Å². The summed E-state index contributed by atoms with van der Waals surface area (Å²) in [6.07, 6.45) is 3.66. The van der Waals surface area contributed by atoms with E-state index in [-0.39, 0.29) is 35.0 Å². The Hall–Kier alpha value is -2.28. The summed E-state index contributed by atoms with van der Waals surface area (Å²) in [6, 6.07) is 9.48. The topological polar surface area (TPSA) is 67.3 Å². The second kappa shape index (κ2) is 7.65. The lowest BCUT2D eigenvalue weighted by atomic mass is 10.1. The molecule has 0 unspecified atom stereocenters. The molecule has 0 bridgehead atoms. The first-order chi connectivity index (χ1) is 9.97. The highest BCUT2D eigenvalue weighted by atomic mass is 79.9. The van der Waals surface area contributed by atoms with Gasteiger partial charge in [0.05, 0.1) is 4.92 Å². The van der Waals surface area contributed by atoms with E-state index < -0.39 is 4.92 Å². The van der Waals surface area contributed by atoms with E-state index in [0.29, 0.717) is 5.56 Å². The number of nitro benzene ring substituents is 1. The summed E-state index contributed by atoms with van der Waals surface area (Å²) in [5, 5.41) is 10.6. The molecule has 0 radical (unpaired) electrons. The smallest absolute Gasteiger partial charge is 0.269 e. The molecule has 2 aromatic rings. The van der Waals surface area contributed by atoms with Crippen molar-refractivity contribution >= 4 is 17.2 Å². The van der Waals surface area contributed by atoms with Gasteiger partial charge in [-0.05, 0) is 12.1 Å². The first-order valence-electron chi connectivity index (χ1n) is 6.41. The van der Waals surface area contributed by atoms with Crippen molar-refractivity contribution in [3.8, 4) is 0 Å². The van der Waals surface area contributed by atoms with Gasteiger partial charge in [0.15, 0.2) is 12.4 Å². The van der Waals surface area contributed by atoms with E-state index in [9.17, 15) is 14.9 Å². The van der Waals surface area contributed by atoms with Gasteiger partial charge >= 0.3 is 0 Å². The summed E-state index contributed by atoms with van der Waals surface area (Å²) < 4.78 is 1.77. The van der Waals surface area contributed by atoms with Gasteiger partial charge in [-0.3, -0.25) is 14.9 Å². The molecule has 1 aromatic carbocycles. The highest BCUT2D eigenvalue weighted by molar-refractivity contribution is 5.95. The van der Waals surface area contributed by atoms with Crippen LogP contribution < -0.4 is 26.4 Å². The number of ketones is 1. The number of aromatic nitrogens is 1. The number of hydrogen-bond acceptors (Lipinski definition) is 4. The first kappa shape index (κ1) is 17.8. The Morgan fingerprint density at radius 1 is 1.14 bits per heavy atom. The third-order valence-corrected chi connectivity index (χ3v) is 3.12. The average molecular weight is 366 g/mol. The van der Waals surface area contributed by atoms with Crippen LogP contribution in [-0.2, 0) is 6.54 Å². The molecule has 0 aliphatic heterocycles. The van der Waals surface area contributed by atoms with E-state index in [1.165, 1.54) is 24.3 Å². The van der Waals surface area contributed by atoms with E-state index in [1.54, 1.807) is 4.57 Å². The van der Waals surface area contributed by atoms with E-state index in [0.717, 1.165) is 5.69 Å². The summed E-state index contributed by atoms with van der Waals surface area (Å²) in [5.41, 5.74) is 1.49. The Kier molecular flexibility index (Phi) is 6.18. The minimum Gasteiger partial charge on any atom is -1.00 e. The summed E-state index contributed by atoms with van der Waals surface area (Å²) in [5.74, 6) is -0.0903.